The van der Waals surface area contributed by atoms with Crippen LogP contribution in [-0.2, 0) is 15.1 Å². The molecule has 1 atom stereocenters. The van der Waals surface area contributed by atoms with Crippen LogP contribution in [-0.4, -0.2) is 17.7 Å². The minimum absolute atomic E-state index is 0.135. The van der Waals surface area contributed by atoms with E-state index >= 15 is 0 Å². The first-order valence-corrected chi connectivity index (χ1v) is 6.04. The zero-order chi connectivity index (χ0) is 13.8. The summed E-state index contributed by atoms with van der Waals surface area (Å²) in [5.41, 5.74) is -0.813. The van der Waals surface area contributed by atoms with E-state index in [-0.39, 0.29) is 24.8 Å². The molecule has 0 saturated carbocycles. The molecule has 0 spiro atoms. The maximum Gasteiger partial charge on any atom is 0.309 e. The Hall–Kier alpha value is -1.42. The molecule has 0 aromatic heterocycles. The molecule has 1 N–H and O–H groups in total. The molecule has 0 bridgehead atoms. The zero-order valence-electron chi connectivity index (χ0n) is 10.9. The third-order valence-corrected chi connectivity index (χ3v) is 3.02. The molecule has 1 aromatic carbocycles. The van der Waals surface area contributed by atoms with Gasteiger partial charge in [0.2, 0.25) is 0 Å². The van der Waals surface area contributed by atoms with Crippen molar-refractivity contribution in [2.75, 3.05) is 6.61 Å². The molecule has 100 valence electrons. The van der Waals surface area contributed by atoms with Gasteiger partial charge in [0, 0.05) is 0 Å². The molecule has 0 radical (unpaired) electrons. The Morgan fingerprint density at radius 1 is 1.39 bits per heavy atom. The van der Waals surface area contributed by atoms with Gasteiger partial charge in [-0.15, -0.1) is 0 Å². The van der Waals surface area contributed by atoms with Gasteiger partial charge >= 0.3 is 5.97 Å². The lowest BCUT2D eigenvalue weighted by Gasteiger charge is -2.31. The lowest BCUT2D eigenvalue weighted by molar-refractivity contribution is -0.151. The van der Waals surface area contributed by atoms with Crippen molar-refractivity contribution in [2.24, 2.45) is 5.92 Å². The molecule has 0 aliphatic rings. The molecule has 18 heavy (non-hydrogen) atoms. The number of benzene rings is 1. The summed E-state index contributed by atoms with van der Waals surface area (Å²) in [6.45, 7) is 5.60. The molecular formula is C14H19FO3. The SMILES string of the molecule is CCOC(=O)C[C@@](O)(c1ccc(F)cc1)C(C)C. The van der Waals surface area contributed by atoms with E-state index in [2.05, 4.69) is 0 Å². The van der Waals surface area contributed by atoms with Crippen molar-refractivity contribution in [2.45, 2.75) is 32.8 Å². The molecule has 3 nitrogen and oxygen atoms in total. The predicted octanol–water partition coefficient (Wildman–Crippen LogP) is 2.62. The minimum Gasteiger partial charge on any atom is -0.466 e. The van der Waals surface area contributed by atoms with Gasteiger partial charge in [-0.1, -0.05) is 26.0 Å². The maximum absolute atomic E-state index is 12.9. The molecule has 0 amide bonds. The third-order valence-electron chi connectivity index (χ3n) is 3.02. The molecule has 0 heterocycles. The van der Waals surface area contributed by atoms with Crippen molar-refractivity contribution in [3.05, 3.63) is 35.6 Å². The van der Waals surface area contributed by atoms with Crippen LogP contribution in [0, 0.1) is 11.7 Å². The first kappa shape index (κ1) is 14.6. The summed E-state index contributed by atoms with van der Waals surface area (Å²) in [5.74, 6) is -1.02. The Kier molecular flexibility index (Phi) is 4.84. The van der Waals surface area contributed by atoms with Gasteiger partial charge in [0.1, 0.15) is 11.4 Å². The Labute approximate surface area is 107 Å². The van der Waals surface area contributed by atoms with E-state index in [4.69, 9.17) is 4.74 Å². The fraction of sp³-hybridized carbons (Fsp3) is 0.500. The van der Waals surface area contributed by atoms with Crippen LogP contribution in [0.2, 0.25) is 0 Å². The second-order valence-electron chi connectivity index (χ2n) is 4.57. The number of carbonyl (C=O) groups is 1. The minimum atomic E-state index is -1.33. The average Bonchev–Trinajstić information content (AvgIpc) is 2.29. The van der Waals surface area contributed by atoms with Crippen molar-refractivity contribution in [3.63, 3.8) is 0 Å². The van der Waals surface area contributed by atoms with E-state index in [9.17, 15) is 14.3 Å². The third kappa shape index (κ3) is 3.29. The first-order chi connectivity index (χ1) is 8.40. The van der Waals surface area contributed by atoms with Crippen LogP contribution < -0.4 is 0 Å². The van der Waals surface area contributed by atoms with E-state index in [1.807, 2.05) is 13.8 Å². The topological polar surface area (TPSA) is 46.5 Å². The highest BCUT2D eigenvalue weighted by atomic mass is 19.1. The largest absolute Gasteiger partial charge is 0.466 e. The first-order valence-electron chi connectivity index (χ1n) is 6.04. The average molecular weight is 254 g/mol. The molecule has 1 rings (SSSR count). The number of rotatable bonds is 5. The van der Waals surface area contributed by atoms with E-state index < -0.39 is 11.6 Å². The lowest BCUT2D eigenvalue weighted by Crippen LogP contribution is -2.35. The number of ether oxygens (including phenoxy) is 1. The molecule has 0 fully saturated rings. The second-order valence-corrected chi connectivity index (χ2v) is 4.57. The summed E-state index contributed by atoms with van der Waals surface area (Å²) in [4.78, 5) is 11.5. The van der Waals surface area contributed by atoms with Gasteiger partial charge in [-0.2, -0.15) is 0 Å². The second kappa shape index (κ2) is 5.96. The van der Waals surface area contributed by atoms with Gasteiger partial charge in [0.15, 0.2) is 0 Å². The fourth-order valence-corrected chi connectivity index (χ4v) is 1.81. The Bertz CT molecular complexity index is 400. The predicted molar refractivity (Wildman–Crippen MR) is 66.4 cm³/mol. The normalized spacial score (nSPS) is 14.3. The quantitative estimate of drug-likeness (QED) is 0.822. The summed E-state index contributed by atoms with van der Waals surface area (Å²) >= 11 is 0. The molecule has 0 saturated heterocycles. The summed E-state index contributed by atoms with van der Waals surface area (Å²) in [6.07, 6.45) is -0.135. The van der Waals surface area contributed by atoms with Crippen LogP contribution >= 0.6 is 0 Å². The lowest BCUT2D eigenvalue weighted by atomic mass is 9.81. The molecule has 1 aromatic rings. The van der Waals surface area contributed by atoms with Crippen LogP contribution in [0.25, 0.3) is 0 Å². The van der Waals surface area contributed by atoms with Gasteiger partial charge in [-0.3, -0.25) is 4.79 Å². The highest BCUT2D eigenvalue weighted by Crippen LogP contribution is 2.33. The van der Waals surface area contributed by atoms with Gasteiger partial charge in [-0.05, 0) is 30.5 Å². The van der Waals surface area contributed by atoms with Crippen LogP contribution in [0.5, 0.6) is 0 Å². The maximum atomic E-state index is 12.9. The summed E-state index contributed by atoms with van der Waals surface area (Å²) < 4.78 is 17.7. The highest BCUT2D eigenvalue weighted by Gasteiger charge is 2.36. The molecule has 0 unspecified atom stereocenters. The monoisotopic (exact) mass is 254 g/mol. The fourth-order valence-electron chi connectivity index (χ4n) is 1.81. The summed E-state index contributed by atoms with van der Waals surface area (Å²) in [6, 6.07) is 5.53. The van der Waals surface area contributed by atoms with Gasteiger partial charge in [0.05, 0.1) is 13.0 Å². The Balaban J connectivity index is 2.99. The van der Waals surface area contributed by atoms with E-state index in [1.54, 1.807) is 6.92 Å². The number of hydrogen-bond donors (Lipinski definition) is 1. The number of esters is 1. The van der Waals surface area contributed by atoms with E-state index in [1.165, 1.54) is 24.3 Å². The van der Waals surface area contributed by atoms with E-state index in [0.29, 0.717) is 5.56 Å². The Morgan fingerprint density at radius 3 is 2.39 bits per heavy atom. The smallest absolute Gasteiger partial charge is 0.309 e. The van der Waals surface area contributed by atoms with Crippen LogP contribution in [0.4, 0.5) is 4.39 Å². The van der Waals surface area contributed by atoms with Crippen molar-refractivity contribution in [1.82, 2.24) is 0 Å². The van der Waals surface area contributed by atoms with E-state index in [0.717, 1.165) is 0 Å². The van der Waals surface area contributed by atoms with Crippen molar-refractivity contribution in [1.29, 1.82) is 0 Å². The standard InChI is InChI=1S/C14H19FO3/c1-4-18-13(16)9-14(17,10(2)3)11-5-7-12(15)8-6-11/h5-8,10,17H,4,9H2,1-3H3/t14-/m0/s1. The number of carbonyl (C=O) groups excluding carboxylic acids is 1. The van der Waals surface area contributed by atoms with Crippen molar-refractivity contribution < 1.29 is 19.0 Å². The molecular weight excluding hydrogens is 235 g/mol. The van der Waals surface area contributed by atoms with Crippen LogP contribution in [0.3, 0.4) is 0 Å². The van der Waals surface area contributed by atoms with Gasteiger partial charge < -0.3 is 9.84 Å². The van der Waals surface area contributed by atoms with Gasteiger partial charge in [-0.25, -0.2) is 4.39 Å². The number of hydrogen-bond acceptors (Lipinski definition) is 3. The molecule has 0 aliphatic heterocycles. The van der Waals surface area contributed by atoms with Crippen molar-refractivity contribution >= 4 is 5.97 Å². The van der Waals surface area contributed by atoms with Crippen LogP contribution in [0.15, 0.2) is 24.3 Å². The number of aliphatic hydroxyl groups is 1. The Morgan fingerprint density at radius 2 is 1.94 bits per heavy atom. The van der Waals surface area contributed by atoms with Crippen molar-refractivity contribution in [3.8, 4) is 0 Å². The zero-order valence-corrected chi connectivity index (χ0v) is 10.9. The van der Waals surface area contributed by atoms with Crippen LogP contribution in [0.1, 0.15) is 32.8 Å². The number of halogens is 1. The summed E-state index contributed by atoms with van der Waals surface area (Å²) in [5, 5.41) is 10.6. The summed E-state index contributed by atoms with van der Waals surface area (Å²) in [7, 11) is 0. The molecule has 0 aliphatic carbocycles. The molecule has 4 heteroatoms. The highest BCUT2D eigenvalue weighted by molar-refractivity contribution is 5.71. The van der Waals surface area contributed by atoms with Gasteiger partial charge in [0.25, 0.3) is 0 Å².